The number of urea groups is 1. The van der Waals surface area contributed by atoms with Crippen molar-refractivity contribution in [3.63, 3.8) is 0 Å². The largest absolute Gasteiger partial charge is 0.337 e. The van der Waals surface area contributed by atoms with Gasteiger partial charge in [0.1, 0.15) is 0 Å². The third-order valence-corrected chi connectivity index (χ3v) is 3.31. The van der Waals surface area contributed by atoms with Crippen LogP contribution in [0.1, 0.15) is 25.0 Å². The molecule has 4 nitrogen and oxygen atoms in total. The van der Waals surface area contributed by atoms with E-state index in [0.29, 0.717) is 13.1 Å². The summed E-state index contributed by atoms with van der Waals surface area (Å²) in [5, 5.41) is 5.76. The molecular weight excluding hydrogens is 238 g/mol. The third-order valence-electron chi connectivity index (χ3n) is 3.31. The maximum atomic E-state index is 11.6. The van der Waals surface area contributed by atoms with Gasteiger partial charge in [0.2, 0.25) is 0 Å². The Hall–Kier alpha value is -1.55. The van der Waals surface area contributed by atoms with Crippen LogP contribution in [0.3, 0.4) is 0 Å². The van der Waals surface area contributed by atoms with E-state index in [9.17, 15) is 4.79 Å². The zero-order valence-corrected chi connectivity index (χ0v) is 12.2. The molecule has 0 aliphatic heterocycles. The predicted octanol–water partition coefficient (Wildman–Crippen LogP) is 2.14. The van der Waals surface area contributed by atoms with Gasteiger partial charge in [0.15, 0.2) is 0 Å². The number of aryl methyl sites for hydroxylation is 1. The molecule has 0 saturated heterocycles. The topological polar surface area (TPSA) is 44.4 Å². The van der Waals surface area contributed by atoms with E-state index in [1.807, 2.05) is 18.2 Å². The Morgan fingerprint density at radius 3 is 2.47 bits per heavy atom. The molecule has 0 aromatic heterocycles. The summed E-state index contributed by atoms with van der Waals surface area (Å²) in [7, 11) is 0. The van der Waals surface area contributed by atoms with Gasteiger partial charge in [0.25, 0.3) is 0 Å². The lowest BCUT2D eigenvalue weighted by Crippen LogP contribution is -2.40. The fourth-order valence-electron chi connectivity index (χ4n) is 1.91. The smallest absolute Gasteiger partial charge is 0.315 e. The van der Waals surface area contributed by atoms with Crippen molar-refractivity contribution < 1.29 is 4.79 Å². The molecule has 1 rings (SSSR count). The van der Waals surface area contributed by atoms with E-state index in [0.717, 1.165) is 25.2 Å². The number of hydrogen-bond acceptors (Lipinski definition) is 2. The molecule has 4 heteroatoms. The molecule has 1 aromatic rings. The molecule has 2 N–H and O–H groups in total. The number of hydrogen-bond donors (Lipinski definition) is 2. The molecule has 0 radical (unpaired) electrons. The van der Waals surface area contributed by atoms with Crippen LogP contribution in [0.15, 0.2) is 24.3 Å². The number of amides is 2. The summed E-state index contributed by atoms with van der Waals surface area (Å²) in [4.78, 5) is 13.9. The summed E-state index contributed by atoms with van der Waals surface area (Å²) < 4.78 is 0. The first kappa shape index (κ1) is 15.5. The van der Waals surface area contributed by atoms with E-state index in [4.69, 9.17) is 0 Å². The van der Waals surface area contributed by atoms with E-state index in [1.54, 1.807) is 0 Å². The summed E-state index contributed by atoms with van der Waals surface area (Å²) >= 11 is 0. The Kier molecular flexibility index (Phi) is 6.97. The Labute approximate surface area is 116 Å². The number of rotatable bonds is 7. The predicted molar refractivity (Wildman–Crippen MR) is 79.2 cm³/mol. The molecule has 0 bridgehead atoms. The highest BCUT2D eigenvalue weighted by Gasteiger charge is 2.03. The molecule has 0 atom stereocenters. The first-order valence-corrected chi connectivity index (χ1v) is 6.96. The second-order valence-corrected chi connectivity index (χ2v) is 4.56. The third kappa shape index (κ3) is 5.75. The molecule has 2 amide bonds. The van der Waals surface area contributed by atoms with Gasteiger partial charge in [-0.2, -0.15) is 0 Å². The van der Waals surface area contributed by atoms with Crippen LogP contribution < -0.4 is 10.6 Å². The Morgan fingerprint density at radius 1 is 1.16 bits per heavy atom. The highest BCUT2D eigenvalue weighted by molar-refractivity contribution is 5.73. The van der Waals surface area contributed by atoms with Gasteiger partial charge in [-0.05, 0) is 31.1 Å². The van der Waals surface area contributed by atoms with Gasteiger partial charge in [0.05, 0.1) is 0 Å². The average molecular weight is 263 g/mol. The highest BCUT2D eigenvalue weighted by atomic mass is 16.2. The quantitative estimate of drug-likeness (QED) is 0.791. The lowest BCUT2D eigenvalue weighted by atomic mass is 10.1. The Morgan fingerprint density at radius 2 is 1.84 bits per heavy atom. The lowest BCUT2D eigenvalue weighted by molar-refractivity contribution is 0.236. The summed E-state index contributed by atoms with van der Waals surface area (Å²) in [6.07, 6.45) is 0. The summed E-state index contributed by atoms with van der Waals surface area (Å²) in [6.45, 7) is 10.5. The highest BCUT2D eigenvalue weighted by Crippen LogP contribution is 2.05. The summed E-state index contributed by atoms with van der Waals surface area (Å²) in [6, 6.07) is 7.97. The Bertz CT molecular complexity index is 389. The molecule has 0 fully saturated rings. The fraction of sp³-hybridized carbons (Fsp3) is 0.533. The SMILES string of the molecule is CCN(CC)CCNC(=O)NCc1ccccc1C. The number of carbonyl (C=O) groups is 1. The maximum absolute atomic E-state index is 11.6. The van der Waals surface area contributed by atoms with Crippen LogP contribution in [-0.2, 0) is 6.54 Å². The minimum atomic E-state index is -0.101. The van der Waals surface area contributed by atoms with Gasteiger partial charge in [-0.15, -0.1) is 0 Å². The maximum Gasteiger partial charge on any atom is 0.315 e. The number of carbonyl (C=O) groups excluding carboxylic acids is 1. The van der Waals surface area contributed by atoms with E-state index in [1.165, 1.54) is 5.56 Å². The van der Waals surface area contributed by atoms with Gasteiger partial charge in [0, 0.05) is 19.6 Å². The first-order chi connectivity index (χ1) is 9.17. The molecule has 1 aromatic carbocycles. The van der Waals surface area contributed by atoms with Gasteiger partial charge in [-0.25, -0.2) is 4.79 Å². The van der Waals surface area contributed by atoms with Gasteiger partial charge >= 0.3 is 6.03 Å². The van der Waals surface area contributed by atoms with Crippen molar-refractivity contribution in [1.82, 2.24) is 15.5 Å². The zero-order chi connectivity index (χ0) is 14.1. The number of benzene rings is 1. The van der Waals surface area contributed by atoms with Crippen LogP contribution >= 0.6 is 0 Å². The molecule has 0 saturated carbocycles. The Balaban J connectivity index is 2.23. The molecular formula is C15H25N3O. The van der Waals surface area contributed by atoms with Crippen LogP contribution in [0, 0.1) is 6.92 Å². The summed E-state index contributed by atoms with van der Waals surface area (Å²) in [5.74, 6) is 0. The van der Waals surface area contributed by atoms with Gasteiger partial charge in [-0.1, -0.05) is 38.1 Å². The van der Waals surface area contributed by atoms with Gasteiger partial charge in [-0.3, -0.25) is 0 Å². The molecule has 0 unspecified atom stereocenters. The lowest BCUT2D eigenvalue weighted by Gasteiger charge is -2.18. The standard InChI is InChI=1S/C15H25N3O/c1-4-18(5-2)11-10-16-15(19)17-12-14-9-7-6-8-13(14)3/h6-9H,4-5,10-12H2,1-3H3,(H2,16,17,19). The molecule has 0 heterocycles. The van der Waals surface area contributed by atoms with E-state index in [-0.39, 0.29) is 6.03 Å². The van der Waals surface area contributed by atoms with Crippen LogP contribution in [0.5, 0.6) is 0 Å². The number of nitrogens with zero attached hydrogens (tertiary/aromatic N) is 1. The normalized spacial score (nSPS) is 10.5. The minimum absolute atomic E-state index is 0.101. The molecule has 106 valence electrons. The molecule has 0 aliphatic carbocycles. The monoisotopic (exact) mass is 263 g/mol. The second kappa shape index (κ2) is 8.53. The molecule has 19 heavy (non-hydrogen) atoms. The first-order valence-electron chi connectivity index (χ1n) is 6.96. The zero-order valence-electron chi connectivity index (χ0n) is 12.2. The van der Waals surface area contributed by atoms with Crippen molar-refractivity contribution in [3.8, 4) is 0 Å². The number of nitrogens with one attached hydrogen (secondary N) is 2. The molecule has 0 aliphatic rings. The summed E-state index contributed by atoms with van der Waals surface area (Å²) in [5.41, 5.74) is 2.35. The van der Waals surface area contributed by atoms with Crippen molar-refractivity contribution in [1.29, 1.82) is 0 Å². The minimum Gasteiger partial charge on any atom is -0.337 e. The van der Waals surface area contributed by atoms with Crippen molar-refractivity contribution in [3.05, 3.63) is 35.4 Å². The van der Waals surface area contributed by atoms with Gasteiger partial charge < -0.3 is 15.5 Å². The fourth-order valence-corrected chi connectivity index (χ4v) is 1.91. The van der Waals surface area contributed by atoms with Crippen LogP contribution in [0.2, 0.25) is 0 Å². The van der Waals surface area contributed by atoms with Crippen molar-refractivity contribution in [2.45, 2.75) is 27.3 Å². The second-order valence-electron chi connectivity index (χ2n) is 4.56. The van der Waals surface area contributed by atoms with Crippen molar-refractivity contribution in [2.24, 2.45) is 0 Å². The average Bonchev–Trinajstić information content (AvgIpc) is 2.43. The van der Waals surface area contributed by atoms with E-state index < -0.39 is 0 Å². The van der Waals surface area contributed by atoms with Crippen molar-refractivity contribution in [2.75, 3.05) is 26.2 Å². The van der Waals surface area contributed by atoms with Crippen LogP contribution in [0.4, 0.5) is 4.79 Å². The number of likely N-dealkylation sites (N-methyl/N-ethyl adjacent to an activating group) is 1. The van der Waals surface area contributed by atoms with E-state index >= 15 is 0 Å². The van der Waals surface area contributed by atoms with Crippen molar-refractivity contribution >= 4 is 6.03 Å². The van der Waals surface area contributed by atoms with Crippen LogP contribution in [-0.4, -0.2) is 37.1 Å². The van der Waals surface area contributed by atoms with E-state index in [2.05, 4.69) is 42.4 Å². The van der Waals surface area contributed by atoms with Crippen LogP contribution in [0.25, 0.3) is 0 Å². The molecule has 0 spiro atoms.